The molecule has 2 fully saturated rings. The first-order valence-corrected chi connectivity index (χ1v) is 13.5. The number of phenolic OH excluding ortho intramolecular Hbond substituents is 1. The van der Waals surface area contributed by atoms with Gasteiger partial charge in [-0.3, -0.25) is 14.4 Å². The molecule has 3 N–H and O–H groups in total. The lowest BCUT2D eigenvalue weighted by Gasteiger charge is -2.45. The van der Waals surface area contributed by atoms with Crippen molar-refractivity contribution in [1.29, 1.82) is 0 Å². The summed E-state index contributed by atoms with van der Waals surface area (Å²) in [5, 5.41) is 20.8. The van der Waals surface area contributed by atoms with Crippen LogP contribution in [0.15, 0.2) is 59.1 Å². The van der Waals surface area contributed by atoms with Gasteiger partial charge in [-0.15, -0.1) is 0 Å². The zero-order chi connectivity index (χ0) is 27.0. The lowest BCUT2D eigenvalue weighted by atomic mass is 9.59. The summed E-state index contributed by atoms with van der Waals surface area (Å²) in [6, 6.07) is 6.20. The predicted molar refractivity (Wildman–Crippen MR) is 144 cm³/mol. The fourth-order valence-electron chi connectivity index (χ4n) is 6.37. The standard InChI is InChI=1S/C31H35NO6/c1-3-4-23-24-14-18(16-38-31(37)20-6-7-20)5-12-22(24)17(2)13-25(23)28(34)27-29(35)26(15-32-30(27)36)19-8-10-21(33)11-9-19/h3-4,8-11,13,15,18,20,22-25,33H,5-7,12,14,16H2,1-2H3,(H2,32,35,36)/b4-3+/t18-,22+,23+,24-,25+/m0/s1. The molecule has 1 heterocycles. The third-order valence-corrected chi connectivity index (χ3v) is 8.53. The van der Waals surface area contributed by atoms with Crippen molar-refractivity contribution in [2.45, 2.75) is 46.0 Å². The summed E-state index contributed by atoms with van der Waals surface area (Å²) in [6.07, 6.45) is 12.0. The molecule has 1 aromatic heterocycles. The van der Waals surface area contributed by atoms with Gasteiger partial charge in [0.05, 0.1) is 12.5 Å². The third kappa shape index (κ3) is 5.06. The summed E-state index contributed by atoms with van der Waals surface area (Å²) >= 11 is 0. The molecule has 1 aromatic carbocycles. The number of fused-ring (bicyclic) bond motifs is 1. The van der Waals surface area contributed by atoms with Crippen molar-refractivity contribution in [2.24, 2.45) is 35.5 Å². The highest BCUT2D eigenvalue weighted by atomic mass is 16.5. The molecule has 38 heavy (non-hydrogen) atoms. The van der Waals surface area contributed by atoms with Crippen LogP contribution in [0.4, 0.5) is 0 Å². The maximum atomic E-state index is 14.0. The Labute approximate surface area is 222 Å². The van der Waals surface area contributed by atoms with Crippen LogP contribution >= 0.6 is 0 Å². The number of carbonyl (C=O) groups is 2. The SMILES string of the molecule is C/C=C/[C@@H]1[C@H]2C[C@@H](COC(=O)C3CC3)CC[C@@H]2C(C)=C[C@H]1C(=O)c1c(O)c(-c2ccc(O)cc2)c[nH]c1=O. The van der Waals surface area contributed by atoms with Gasteiger partial charge >= 0.3 is 5.97 Å². The second-order valence-electron chi connectivity index (χ2n) is 11.1. The van der Waals surface area contributed by atoms with E-state index in [1.807, 2.05) is 26.0 Å². The lowest BCUT2D eigenvalue weighted by Crippen LogP contribution is -2.41. The molecule has 0 radical (unpaired) electrons. The molecule has 200 valence electrons. The van der Waals surface area contributed by atoms with Gasteiger partial charge in [-0.2, -0.15) is 0 Å². The van der Waals surface area contributed by atoms with E-state index in [1.165, 1.54) is 18.3 Å². The van der Waals surface area contributed by atoms with Crippen molar-refractivity contribution in [1.82, 2.24) is 4.98 Å². The molecular formula is C31H35NO6. The van der Waals surface area contributed by atoms with Crippen LogP contribution in [-0.2, 0) is 9.53 Å². The average Bonchev–Trinajstić information content (AvgIpc) is 3.75. The van der Waals surface area contributed by atoms with E-state index in [2.05, 4.69) is 11.1 Å². The van der Waals surface area contributed by atoms with E-state index >= 15 is 0 Å². The van der Waals surface area contributed by atoms with Crippen LogP contribution in [0.5, 0.6) is 11.5 Å². The van der Waals surface area contributed by atoms with E-state index in [0.717, 1.165) is 37.7 Å². The van der Waals surface area contributed by atoms with E-state index in [9.17, 15) is 24.6 Å². The number of Topliss-reactive ketones (excluding diaryl/α,β-unsaturated/α-hetero) is 1. The monoisotopic (exact) mass is 517 g/mol. The summed E-state index contributed by atoms with van der Waals surface area (Å²) in [7, 11) is 0. The van der Waals surface area contributed by atoms with E-state index in [-0.39, 0.29) is 46.7 Å². The molecule has 3 aliphatic carbocycles. The van der Waals surface area contributed by atoms with Gasteiger partial charge in [-0.1, -0.05) is 35.9 Å². The average molecular weight is 518 g/mol. The number of allylic oxidation sites excluding steroid dienone is 4. The Hall–Kier alpha value is -3.61. The first kappa shape index (κ1) is 26.0. The van der Waals surface area contributed by atoms with Crippen molar-refractivity contribution in [3.63, 3.8) is 0 Å². The fraction of sp³-hybridized carbons (Fsp3) is 0.452. The van der Waals surface area contributed by atoms with E-state index < -0.39 is 17.3 Å². The number of aromatic hydroxyl groups is 2. The number of nitrogens with one attached hydrogen (secondary N) is 1. The van der Waals surface area contributed by atoms with Crippen molar-refractivity contribution >= 4 is 11.8 Å². The highest BCUT2D eigenvalue weighted by Gasteiger charge is 2.45. The van der Waals surface area contributed by atoms with Gasteiger partial charge in [0.15, 0.2) is 5.78 Å². The molecule has 7 nitrogen and oxygen atoms in total. The maximum absolute atomic E-state index is 14.0. The molecule has 2 aromatic rings. The van der Waals surface area contributed by atoms with Gasteiger partial charge in [0.1, 0.15) is 17.1 Å². The van der Waals surface area contributed by atoms with Crippen LogP contribution < -0.4 is 5.56 Å². The van der Waals surface area contributed by atoms with Crippen LogP contribution in [-0.4, -0.2) is 33.6 Å². The first-order valence-electron chi connectivity index (χ1n) is 13.5. The summed E-state index contributed by atoms with van der Waals surface area (Å²) in [5.74, 6) is -0.702. The van der Waals surface area contributed by atoms with Gasteiger partial charge in [-0.05, 0) is 87.3 Å². The van der Waals surface area contributed by atoms with E-state index in [1.54, 1.807) is 12.1 Å². The topological polar surface area (TPSA) is 117 Å². The van der Waals surface area contributed by atoms with E-state index in [4.69, 9.17) is 4.74 Å². The van der Waals surface area contributed by atoms with Gasteiger partial charge in [0.2, 0.25) is 0 Å². The lowest BCUT2D eigenvalue weighted by molar-refractivity contribution is -0.147. The van der Waals surface area contributed by atoms with Crippen LogP contribution in [0, 0.1) is 35.5 Å². The Morgan fingerprint density at radius 1 is 1.11 bits per heavy atom. The second kappa shape index (κ2) is 10.6. The number of benzene rings is 1. The zero-order valence-electron chi connectivity index (χ0n) is 21.9. The minimum atomic E-state index is -0.629. The van der Waals surface area contributed by atoms with Gasteiger partial charge < -0.3 is 19.9 Å². The fourth-order valence-corrected chi connectivity index (χ4v) is 6.37. The summed E-state index contributed by atoms with van der Waals surface area (Å²) < 4.78 is 5.61. The first-order chi connectivity index (χ1) is 18.3. The third-order valence-electron chi connectivity index (χ3n) is 8.53. The number of phenols is 1. The zero-order valence-corrected chi connectivity index (χ0v) is 21.9. The highest BCUT2D eigenvalue weighted by Crippen LogP contribution is 2.49. The number of hydrogen-bond donors (Lipinski definition) is 3. The van der Waals surface area contributed by atoms with E-state index in [0.29, 0.717) is 23.7 Å². The Bertz CT molecular complexity index is 1330. The van der Waals surface area contributed by atoms with Crippen molar-refractivity contribution in [2.75, 3.05) is 6.61 Å². The van der Waals surface area contributed by atoms with Crippen molar-refractivity contribution < 1.29 is 24.5 Å². The van der Waals surface area contributed by atoms with Crippen molar-refractivity contribution in [3.05, 3.63) is 70.2 Å². The minimum Gasteiger partial charge on any atom is -0.508 e. The Balaban J connectivity index is 1.44. The molecule has 2 saturated carbocycles. The van der Waals surface area contributed by atoms with Gasteiger partial charge in [-0.25, -0.2) is 0 Å². The van der Waals surface area contributed by atoms with Gasteiger partial charge in [0, 0.05) is 17.7 Å². The molecule has 0 unspecified atom stereocenters. The molecule has 0 amide bonds. The second-order valence-corrected chi connectivity index (χ2v) is 11.1. The predicted octanol–water partition coefficient (Wildman–Crippen LogP) is 5.39. The molecule has 3 aliphatic rings. The smallest absolute Gasteiger partial charge is 0.308 e. The number of ether oxygens (including phenoxy) is 1. The van der Waals surface area contributed by atoms with Crippen molar-refractivity contribution in [3.8, 4) is 22.6 Å². The summed E-state index contributed by atoms with van der Waals surface area (Å²) in [6.45, 7) is 4.39. The normalized spacial score (nSPS) is 27.0. The molecule has 5 rings (SSSR count). The quantitative estimate of drug-likeness (QED) is 0.258. The minimum absolute atomic E-state index is 0.0760. The number of H-pyrrole nitrogens is 1. The molecule has 0 spiro atoms. The van der Waals surface area contributed by atoms with Crippen LogP contribution in [0.1, 0.15) is 56.3 Å². The number of aromatic nitrogens is 1. The number of carbonyl (C=O) groups excluding carboxylic acids is 2. The Kier molecular flexibility index (Phi) is 7.28. The number of esters is 1. The van der Waals surface area contributed by atoms with Crippen LogP contribution in [0.3, 0.4) is 0 Å². The van der Waals surface area contributed by atoms with Gasteiger partial charge in [0.25, 0.3) is 5.56 Å². The summed E-state index contributed by atoms with van der Waals surface area (Å²) in [5.41, 5.74) is 1.15. The number of hydrogen-bond acceptors (Lipinski definition) is 6. The number of rotatable bonds is 7. The Morgan fingerprint density at radius 3 is 2.53 bits per heavy atom. The molecule has 0 aliphatic heterocycles. The molecular weight excluding hydrogens is 482 g/mol. The van der Waals surface area contributed by atoms with Crippen LogP contribution in [0.25, 0.3) is 11.1 Å². The largest absolute Gasteiger partial charge is 0.508 e. The number of pyridine rings is 1. The molecule has 7 heteroatoms. The van der Waals surface area contributed by atoms with Crippen LogP contribution in [0.2, 0.25) is 0 Å². The highest BCUT2D eigenvalue weighted by molar-refractivity contribution is 6.03. The number of ketones is 1. The molecule has 0 saturated heterocycles. The number of aromatic amines is 1. The Morgan fingerprint density at radius 2 is 1.84 bits per heavy atom. The molecule has 0 bridgehead atoms. The maximum Gasteiger partial charge on any atom is 0.308 e. The molecule has 5 atom stereocenters. The summed E-state index contributed by atoms with van der Waals surface area (Å²) in [4.78, 5) is 41.6.